The van der Waals surface area contributed by atoms with E-state index in [2.05, 4.69) is 10.1 Å². The van der Waals surface area contributed by atoms with E-state index in [0.717, 1.165) is 12.8 Å². The van der Waals surface area contributed by atoms with Gasteiger partial charge >= 0.3 is 6.18 Å². The van der Waals surface area contributed by atoms with E-state index in [0.29, 0.717) is 13.1 Å². The molecule has 0 bridgehead atoms. The highest BCUT2D eigenvalue weighted by atomic mass is 19.4. The maximum atomic E-state index is 12.4. The number of piperidine rings is 1. The first-order valence-corrected chi connectivity index (χ1v) is 8.45. The second-order valence-electron chi connectivity index (χ2n) is 6.15. The van der Waals surface area contributed by atoms with E-state index in [9.17, 15) is 18.0 Å². The number of carbonyl (C=O) groups excluding carboxylic acids is 1. The number of alkyl halides is 3. The summed E-state index contributed by atoms with van der Waals surface area (Å²) in [4.78, 5) is 18.0. The van der Waals surface area contributed by atoms with Gasteiger partial charge in [-0.25, -0.2) is 9.67 Å². The maximum absolute atomic E-state index is 12.4. The molecule has 1 aromatic heterocycles. The van der Waals surface area contributed by atoms with Gasteiger partial charge in [-0.2, -0.15) is 18.3 Å². The first-order valence-electron chi connectivity index (χ1n) is 8.45. The molecule has 1 aliphatic heterocycles. The molecule has 0 N–H and O–H groups in total. The molecular weight excluding hydrogens is 365 g/mol. The number of rotatable bonds is 6. The van der Waals surface area contributed by atoms with Gasteiger partial charge in [0.15, 0.2) is 24.7 Å². The van der Waals surface area contributed by atoms with Crippen LogP contribution in [0, 0.1) is 0 Å². The standard InChI is InChI=1S/C17H19F3N4O3/c18-17(19,20)10-27-15-6-2-1-5-14(15)26-9-16(25)23-7-3-4-13(8-23)24-12-21-11-22-24/h1-2,5-6,11-13H,3-4,7-10H2. The fraction of sp³-hybridized carbons (Fsp3) is 0.471. The van der Waals surface area contributed by atoms with Crippen molar-refractivity contribution in [3.8, 4) is 11.5 Å². The molecular formula is C17H19F3N4O3. The van der Waals surface area contributed by atoms with Crippen LogP contribution < -0.4 is 9.47 Å². The number of carbonyl (C=O) groups is 1. The van der Waals surface area contributed by atoms with Crippen LogP contribution in [0.2, 0.25) is 0 Å². The summed E-state index contributed by atoms with van der Waals surface area (Å²) in [6, 6.07) is 6.02. The Labute approximate surface area is 153 Å². The lowest BCUT2D eigenvalue weighted by Gasteiger charge is -2.32. The maximum Gasteiger partial charge on any atom is 0.422 e. The van der Waals surface area contributed by atoms with Crippen LogP contribution in [0.5, 0.6) is 11.5 Å². The molecule has 10 heteroatoms. The molecule has 1 unspecified atom stereocenters. The van der Waals surface area contributed by atoms with Crippen molar-refractivity contribution in [1.82, 2.24) is 19.7 Å². The van der Waals surface area contributed by atoms with Gasteiger partial charge in [-0.05, 0) is 25.0 Å². The van der Waals surface area contributed by atoms with E-state index < -0.39 is 12.8 Å². The summed E-state index contributed by atoms with van der Waals surface area (Å²) in [7, 11) is 0. The Hall–Kier alpha value is -2.78. The highest BCUT2D eigenvalue weighted by Gasteiger charge is 2.29. The lowest BCUT2D eigenvalue weighted by Crippen LogP contribution is -2.43. The Bertz CT molecular complexity index is 752. The summed E-state index contributed by atoms with van der Waals surface area (Å²) < 4.78 is 48.9. The normalized spacial score (nSPS) is 17.6. The highest BCUT2D eigenvalue weighted by Crippen LogP contribution is 2.28. The van der Waals surface area contributed by atoms with Crippen molar-refractivity contribution in [2.45, 2.75) is 25.1 Å². The summed E-state index contributed by atoms with van der Waals surface area (Å²) in [6.45, 7) is -0.624. The van der Waals surface area contributed by atoms with Crippen molar-refractivity contribution in [1.29, 1.82) is 0 Å². The van der Waals surface area contributed by atoms with E-state index in [1.54, 1.807) is 22.0 Å². The average molecular weight is 384 g/mol. The number of amides is 1. The largest absolute Gasteiger partial charge is 0.480 e. The summed E-state index contributed by atoms with van der Waals surface area (Å²) in [5, 5.41) is 4.11. The molecule has 1 aromatic carbocycles. The van der Waals surface area contributed by atoms with Crippen LogP contribution in [0.25, 0.3) is 0 Å². The van der Waals surface area contributed by atoms with Gasteiger partial charge in [0.1, 0.15) is 12.7 Å². The van der Waals surface area contributed by atoms with E-state index in [-0.39, 0.29) is 30.1 Å². The average Bonchev–Trinajstić information content (AvgIpc) is 3.19. The summed E-state index contributed by atoms with van der Waals surface area (Å²) in [5.41, 5.74) is 0. The third-order valence-electron chi connectivity index (χ3n) is 4.15. The Kier molecular flexibility index (Phi) is 5.82. The zero-order chi connectivity index (χ0) is 19.3. The van der Waals surface area contributed by atoms with Gasteiger partial charge in [0, 0.05) is 13.1 Å². The molecule has 1 fully saturated rings. The van der Waals surface area contributed by atoms with Crippen molar-refractivity contribution >= 4 is 5.91 Å². The fourth-order valence-electron chi connectivity index (χ4n) is 2.88. The van der Waals surface area contributed by atoms with Gasteiger partial charge in [0.05, 0.1) is 6.04 Å². The zero-order valence-corrected chi connectivity index (χ0v) is 14.4. The summed E-state index contributed by atoms with van der Waals surface area (Å²) >= 11 is 0. The van der Waals surface area contributed by atoms with Crippen LogP contribution in [-0.4, -0.2) is 58.1 Å². The first kappa shape index (κ1) is 19.0. The van der Waals surface area contributed by atoms with Gasteiger partial charge in [-0.15, -0.1) is 0 Å². The molecule has 3 rings (SSSR count). The fourth-order valence-corrected chi connectivity index (χ4v) is 2.88. The number of nitrogens with zero attached hydrogens (tertiary/aromatic N) is 4. The van der Waals surface area contributed by atoms with Crippen LogP contribution in [0.1, 0.15) is 18.9 Å². The lowest BCUT2D eigenvalue weighted by atomic mass is 10.1. The topological polar surface area (TPSA) is 69.5 Å². The minimum Gasteiger partial charge on any atom is -0.480 e. The lowest BCUT2D eigenvalue weighted by molar-refractivity contribution is -0.153. The van der Waals surface area contributed by atoms with E-state index >= 15 is 0 Å². The van der Waals surface area contributed by atoms with Crippen LogP contribution in [-0.2, 0) is 4.79 Å². The van der Waals surface area contributed by atoms with Crippen LogP contribution in [0.15, 0.2) is 36.9 Å². The number of para-hydroxylation sites is 2. The van der Waals surface area contributed by atoms with Crippen LogP contribution in [0.4, 0.5) is 13.2 Å². The van der Waals surface area contributed by atoms with E-state index in [1.165, 1.54) is 24.5 Å². The molecule has 1 amide bonds. The molecule has 0 saturated carbocycles. The number of likely N-dealkylation sites (tertiary alicyclic amines) is 1. The van der Waals surface area contributed by atoms with Gasteiger partial charge in [-0.1, -0.05) is 12.1 Å². The molecule has 1 atom stereocenters. The molecule has 0 spiro atoms. The second kappa shape index (κ2) is 8.28. The highest BCUT2D eigenvalue weighted by molar-refractivity contribution is 5.78. The van der Waals surface area contributed by atoms with Gasteiger partial charge in [-0.3, -0.25) is 4.79 Å². The van der Waals surface area contributed by atoms with Gasteiger partial charge in [0.25, 0.3) is 5.91 Å². The Morgan fingerprint density at radius 3 is 2.63 bits per heavy atom. The third kappa shape index (κ3) is 5.35. The van der Waals surface area contributed by atoms with E-state index in [1.807, 2.05) is 0 Å². The van der Waals surface area contributed by atoms with Gasteiger partial charge < -0.3 is 14.4 Å². The summed E-state index contributed by atoms with van der Waals surface area (Å²) in [5.74, 6) is -0.202. The van der Waals surface area contributed by atoms with Crippen molar-refractivity contribution in [2.24, 2.45) is 0 Å². The number of hydrogen-bond donors (Lipinski definition) is 0. The van der Waals surface area contributed by atoms with Crippen LogP contribution in [0.3, 0.4) is 0 Å². The molecule has 0 aliphatic carbocycles. The first-order chi connectivity index (χ1) is 12.9. The number of aromatic nitrogens is 3. The number of halogens is 3. The number of benzene rings is 1. The SMILES string of the molecule is O=C(COc1ccccc1OCC(F)(F)F)N1CCCC(n2cncn2)C1. The molecule has 0 radical (unpaired) electrons. The van der Waals surface area contributed by atoms with Crippen molar-refractivity contribution in [2.75, 3.05) is 26.3 Å². The predicted molar refractivity (Wildman–Crippen MR) is 88.4 cm³/mol. The van der Waals surface area contributed by atoms with Crippen molar-refractivity contribution in [3.63, 3.8) is 0 Å². The number of hydrogen-bond acceptors (Lipinski definition) is 5. The molecule has 1 saturated heterocycles. The van der Waals surface area contributed by atoms with Crippen molar-refractivity contribution < 1.29 is 27.4 Å². The molecule has 2 heterocycles. The molecule has 1 aliphatic rings. The minimum absolute atomic E-state index is 0.0487. The Morgan fingerprint density at radius 2 is 1.96 bits per heavy atom. The number of ether oxygens (including phenoxy) is 2. The predicted octanol–water partition coefficient (Wildman–Crippen LogP) is 2.46. The Morgan fingerprint density at radius 1 is 1.22 bits per heavy atom. The van der Waals surface area contributed by atoms with E-state index in [4.69, 9.17) is 9.47 Å². The quantitative estimate of drug-likeness (QED) is 0.765. The van der Waals surface area contributed by atoms with Gasteiger partial charge in [0.2, 0.25) is 0 Å². The molecule has 27 heavy (non-hydrogen) atoms. The summed E-state index contributed by atoms with van der Waals surface area (Å²) in [6.07, 6.45) is 0.321. The molecule has 7 nitrogen and oxygen atoms in total. The molecule has 146 valence electrons. The molecule has 2 aromatic rings. The zero-order valence-electron chi connectivity index (χ0n) is 14.4. The van der Waals surface area contributed by atoms with Crippen molar-refractivity contribution in [3.05, 3.63) is 36.9 Å². The minimum atomic E-state index is -4.45. The smallest absolute Gasteiger partial charge is 0.422 e. The monoisotopic (exact) mass is 384 g/mol. The Balaban J connectivity index is 1.56. The second-order valence-corrected chi connectivity index (χ2v) is 6.15. The third-order valence-corrected chi connectivity index (χ3v) is 4.15. The van der Waals surface area contributed by atoms with Crippen LogP contribution >= 0.6 is 0 Å².